The fraction of sp³-hybridized carbons (Fsp3) is 0.636. The molecule has 1 fully saturated rings. The largest absolute Gasteiger partial charge is 0.465 e. The molecule has 0 saturated carbocycles. The molecule has 0 aromatic carbocycles. The van der Waals surface area contributed by atoms with Gasteiger partial charge in [-0.15, -0.1) is 10.2 Å². The Bertz CT molecular complexity index is 522. The van der Waals surface area contributed by atoms with Gasteiger partial charge in [0, 0.05) is 32.4 Å². The summed E-state index contributed by atoms with van der Waals surface area (Å²) in [5.41, 5.74) is 0. The Balaban J connectivity index is 1.91. The smallest absolute Gasteiger partial charge is 0.407 e. The van der Waals surface area contributed by atoms with Crippen molar-refractivity contribution in [1.82, 2.24) is 24.6 Å². The normalized spacial score (nSPS) is 18.8. The third-order valence-corrected chi connectivity index (χ3v) is 4.42. The van der Waals surface area contributed by atoms with E-state index in [-0.39, 0.29) is 25.7 Å². The molecule has 0 unspecified atom stereocenters. The first-order valence-corrected chi connectivity index (χ1v) is 7.42. The van der Waals surface area contributed by atoms with Crippen molar-refractivity contribution in [1.29, 1.82) is 0 Å². The van der Waals surface area contributed by atoms with Gasteiger partial charge in [0.1, 0.15) is 6.33 Å². The molecule has 1 atom stereocenters. The van der Waals surface area contributed by atoms with Gasteiger partial charge < -0.3 is 24.6 Å². The Kier molecular flexibility index (Phi) is 4.89. The molecule has 1 aromatic heterocycles. The number of rotatable bonds is 4. The van der Waals surface area contributed by atoms with Crippen LogP contribution in [0.25, 0.3) is 0 Å². The van der Waals surface area contributed by atoms with Gasteiger partial charge >= 0.3 is 12.2 Å². The summed E-state index contributed by atoms with van der Waals surface area (Å²) in [4.78, 5) is 24.8. The molecule has 10 heteroatoms. The minimum Gasteiger partial charge on any atom is -0.465 e. The summed E-state index contributed by atoms with van der Waals surface area (Å²) < 4.78 is 1.78. The lowest BCUT2D eigenvalue weighted by Gasteiger charge is -2.38. The Morgan fingerprint density at radius 2 is 2.14 bits per heavy atom. The molecular weight excluding hydrogens is 298 g/mol. The zero-order chi connectivity index (χ0) is 15.4. The third kappa shape index (κ3) is 3.78. The summed E-state index contributed by atoms with van der Waals surface area (Å²) in [6.07, 6.45) is 0.145. The van der Waals surface area contributed by atoms with E-state index in [4.69, 9.17) is 5.11 Å². The van der Waals surface area contributed by atoms with Gasteiger partial charge in [-0.2, -0.15) is 0 Å². The number of thioether (sulfide) groups is 1. The molecule has 0 radical (unpaired) electrons. The molecule has 2 heterocycles. The van der Waals surface area contributed by atoms with Crippen molar-refractivity contribution in [3.05, 3.63) is 6.33 Å². The van der Waals surface area contributed by atoms with Crippen LogP contribution in [0.4, 0.5) is 9.59 Å². The van der Waals surface area contributed by atoms with E-state index in [2.05, 4.69) is 10.2 Å². The summed E-state index contributed by atoms with van der Waals surface area (Å²) in [5, 5.41) is 26.7. The second kappa shape index (κ2) is 6.66. The van der Waals surface area contributed by atoms with Crippen LogP contribution in [0.3, 0.4) is 0 Å². The first kappa shape index (κ1) is 15.4. The predicted octanol–water partition coefficient (Wildman–Crippen LogP) is 0.640. The van der Waals surface area contributed by atoms with Crippen molar-refractivity contribution >= 4 is 23.9 Å². The maximum atomic E-state index is 11.2. The second-order valence-corrected chi connectivity index (χ2v) is 5.78. The maximum absolute atomic E-state index is 11.2. The first-order valence-electron chi connectivity index (χ1n) is 6.43. The molecule has 2 amide bonds. The van der Waals surface area contributed by atoms with Gasteiger partial charge in [-0.3, -0.25) is 0 Å². The van der Waals surface area contributed by atoms with Gasteiger partial charge in [0.25, 0.3) is 0 Å². The Morgan fingerprint density at radius 3 is 2.71 bits per heavy atom. The lowest BCUT2D eigenvalue weighted by Crippen LogP contribution is -2.56. The number of hydrogen-bond donors (Lipinski definition) is 2. The molecule has 0 aliphatic carbocycles. The van der Waals surface area contributed by atoms with Crippen LogP contribution < -0.4 is 0 Å². The standard InChI is InChI=1S/C11H17N5O4S/c1-14-7-12-13-9(14)21-5-2-8-6-15(10(17)18)3-4-16(8)11(19)20/h7-8H,2-6H2,1H3,(H,17,18)(H,19,20)/t8-/m1/s1. The van der Waals surface area contributed by atoms with Crippen molar-refractivity contribution in [3.8, 4) is 0 Å². The number of aryl methyl sites for hydroxylation is 1. The molecular formula is C11H17N5O4S. The zero-order valence-corrected chi connectivity index (χ0v) is 12.4. The lowest BCUT2D eigenvalue weighted by molar-refractivity contribution is 0.0630. The number of hydrogen-bond acceptors (Lipinski definition) is 5. The molecule has 9 nitrogen and oxygen atoms in total. The Labute approximate surface area is 125 Å². The number of amides is 2. The number of nitrogens with zero attached hydrogens (tertiary/aromatic N) is 5. The highest BCUT2D eigenvalue weighted by Crippen LogP contribution is 2.20. The van der Waals surface area contributed by atoms with E-state index < -0.39 is 12.2 Å². The average molecular weight is 315 g/mol. The second-order valence-electron chi connectivity index (χ2n) is 4.72. The van der Waals surface area contributed by atoms with E-state index in [1.807, 2.05) is 7.05 Å². The van der Waals surface area contributed by atoms with Crippen molar-refractivity contribution in [2.75, 3.05) is 25.4 Å². The molecule has 2 N–H and O–H groups in total. The third-order valence-electron chi connectivity index (χ3n) is 3.35. The minimum atomic E-state index is -1.01. The summed E-state index contributed by atoms with van der Waals surface area (Å²) in [6, 6.07) is -0.326. The molecule has 1 aliphatic rings. The summed E-state index contributed by atoms with van der Waals surface area (Å²) in [5.74, 6) is 0.647. The molecule has 0 bridgehead atoms. The van der Waals surface area contributed by atoms with Gasteiger partial charge in [0.2, 0.25) is 0 Å². The molecule has 1 aromatic rings. The van der Waals surface area contributed by atoms with Gasteiger partial charge in [0.05, 0.1) is 6.04 Å². The van der Waals surface area contributed by atoms with Gasteiger partial charge in [-0.05, 0) is 6.42 Å². The van der Waals surface area contributed by atoms with E-state index in [9.17, 15) is 14.7 Å². The minimum absolute atomic E-state index is 0.209. The highest BCUT2D eigenvalue weighted by molar-refractivity contribution is 7.99. The van der Waals surface area contributed by atoms with Crippen LogP contribution in [0.15, 0.2) is 11.5 Å². The van der Waals surface area contributed by atoms with Gasteiger partial charge in [-0.25, -0.2) is 9.59 Å². The van der Waals surface area contributed by atoms with Crippen molar-refractivity contribution in [3.63, 3.8) is 0 Å². The van der Waals surface area contributed by atoms with Gasteiger partial charge in [0.15, 0.2) is 5.16 Å². The molecule has 116 valence electrons. The molecule has 2 rings (SSSR count). The fourth-order valence-corrected chi connectivity index (χ4v) is 3.15. The summed E-state index contributed by atoms with van der Waals surface area (Å²) in [7, 11) is 1.83. The number of carbonyl (C=O) groups is 2. The van der Waals surface area contributed by atoms with Crippen LogP contribution in [0, 0.1) is 0 Å². The van der Waals surface area contributed by atoms with Crippen LogP contribution in [0.5, 0.6) is 0 Å². The van der Waals surface area contributed by atoms with Crippen molar-refractivity contribution in [2.45, 2.75) is 17.6 Å². The molecule has 21 heavy (non-hydrogen) atoms. The fourth-order valence-electron chi connectivity index (χ4n) is 2.22. The van der Waals surface area contributed by atoms with E-state index in [1.165, 1.54) is 21.6 Å². The topological polar surface area (TPSA) is 112 Å². The molecule has 0 spiro atoms. The van der Waals surface area contributed by atoms with Crippen molar-refractivity contribution in [2.24, 2.45) is 7.05 Å². The predicted molar refractivity (Wildman–Crippen MR) is 74.5 cm³/mol. The van der Waals surface area contributed by atoms with Gasteiger partial charge in [-0.1, -0.05) is 11.8 Å². The van der Waals surface area contributed by atoms with Crippen LogP contribution in [-0.4, -0.2) is 78.4 Å². The van der Waals surface area contributed by atoms with E-state index in [0.29, 0.717) is 12.2 Å². The first-order chi connectivity index (χ1) is 9.99. The Morgan fingerprint density at radius 1 is 1.38 bits per heavy atom. The van der Waals surface area contributed by atoms with Crippen LogP contribution in [-0.2, 0) is 7.05 Å². The highest BCUT2D eigenvalue weighted by Gasteiger charge is 2.32. The summed E-state index contributed by atoms with van der Waals surface area (Å²) >= 11 is 1.47. The zero-order valence-electron chi connectivity index (χ0n) is 11.5. The average Bonchev–Trinajstić information content (AvgIpc) is 2.84. The van der Waals surface area contributed by atoms with Crippen LogP contribution >= 0.6 is 11.8 Å². The lowest BCUT2D eigenvalue weighted by atomic mass is 10.1. The Hall–Kier alpha value is -1.97. The SMILES string of the molecule is Cn1cnnc1SCC[C@@H]1CN(C(=O)O)CCN1C(=O)O. The van der Waals surface area contributed by atoms with E-state index >= 15 is 0 Å². The molecule has 1 saturated heterocycles. The van der Waals surface area contributed by atoms with E-state index in [1.54, 1.807) is 10.9 Å². The maximum Gasteiger partial charge on any atom is 0.407 e. The summed E-state index contributed by atoms with van der Waals surface area (Å²) in [6.45, 7) is 0.635. The monoisotopic (exact) mass is 315 g/mol. The van der Waals surface area contributed by atoms with E-state index in [0.717, 1.165) is 5.16 Å². The number of carboxylic acid groups (broad SMARTS) is 2. The highest BCUT2D eigenvalue weighted by atomic mass is 32.2. The van der Waals surface area contributed by atoms with Crippen LogP contribution in [0.1, 0.15) is 6.42 Å². The van der Waals surface area contributed by atoms with Crippen molar-refractivity contribution < 1.29 is 19.8 Å². The van der Waals surface area contributed by atoms with Crippen LogP contribution in [0.2, 0.25) is 0 Å². The number of piperazine rings is 1. The number of aromatic nitrogens is 3. The molecule has 1 aliphatic heterocycles. The quantitative estimate of drug-likeness (QED) is 0.784.